The molecule has 14 heavy (non-hydrogen) atoms. The summed E-state index contributed by atoms with van der Waals surface area (Å²) in [4.78, 5) is 11.1. The number of rotatable bonds is 5. The van der Waals surface area contributed by atoms with Crippen LogP contribution in [0, 0.1) is 0 Å². The maximum atomic E-state index is 10.7. The van der Waals surface area contributed by atoms with Crippen LogP contribution in [0.15, 0.2) is 23.1 Å². The van der Waals surface area contributed by atoms with Gasteiger partial charge in [0.15, 0.2) is 0 Å². The molecule has 0 aliphatic rings. The number of hydrogen-bond donors (Lipinski definition) is 2. The molecule has 0 aromatic carbocycles. The number of hydrogen-bond acceptors (Lipinski definition) is 3. The van der Waals surface area contributed by atoms with E-state index in [0.717, 1.165) is 5.56 Å². The van der Waals surface area contributed by atoms with Crippen LogP contribution in [0.1, 0.15) is 15.2 Å². The first-order valence-corrected chi connectivity index (χ1v) is 5.20. The average molecular weight is 232 g/mol. The number of carboxylic acids is 1. The topological polar surface area (TPSA) is 49.3 Å². The lowest BCUT2D eigenvalue weighted by Crippen LogP contribution is -2.15. The van der Waals surface area contributed by atoms with Crippen LogP contribution in [0.4, 0.5) is 0 Å². The fraction of sp³-hybridized carbons (Fsp3) is 0.222. The minimum Gasteiger partial charge on any atom is -0.477 e. The molecule has 76 valence electrons. The van der Waals surface area contributed by atoms with E-state index in [2.05, 4.69) is 11.9 Å². The summed E-state index contributed by atoms with van der Waals surface area (Å²) in [5.41, 5.74) is 0.778. The smallest absolute Gasteiger partial charge is 0.346 e. The average Bonchev–Trinajstić information content (AvgIpc) is 2.51. The Morgan fingerprint density at radius 2 is 2.43 bits per heavy atom. The molecule has 0 bridgehead atoms. The summed E-state index contributed by atoms with van der Waals surface area (Å²) in [6.07, 6.45) is 0. The number of thiophene rings is 1. The number of halogens is 1. The van der Waals surface area contributed by atoms with Crippen LogP contribution < -0.4 is 5.32 Å². The third-order valence-corrected chi connectivity index (χ3v) is 2.65. The van der Waals surface area contributed by atoms with Crippen molar-refractivity contribution in [3.05, 3.63) is 33.5 Å². The van der Waals surface area contributed by atoms with E-state index in [1.807, 2.05) is 0 Å². The summed E-state index contributed by atoms with van der Waals surface area (Å²) in [5, 5.41) is 14.1. The van der Waals surface area contributed by atoms with Crippen molar-refractivity contribution in [3.8, 4) is 0 Å². The number of nitrogens with one attached hydrogen (secondary N) is 1. The predicted octanol–water partition coefficient (Wildman–Crippen LogP) is 2.29. The van der Waals surface area contributed by atoms with Crippen LogP contribution >= 0.6 is 22.9 Å². The molecule has 0 aliphatic heterocycles. The van der Waals surface area contributed by atoms with Crippen molar-refractivity contribution < 1.29 is 9.90 Å². The molecule has 0 spiro atoms. The fourth-order valence-corrected chi connectivity index (χ4v) is 1.85. The van der Waals surface area contributed by atoms with Crippen molar-refractivity contribution >= 4 is 28.9 Å². The molecule has 0 saturated carbocycles. The summed E-state index contributed by atoms with van der Waals surface area (Å²) < 4.78 is 0. The molecule has 0 unspecified atom stereocenters. The molecule has 0 saturated heterocycles. The zero-order valence-electron chi connectivity index (χ0n) is 7.42. The van der Waals surface area contributed by atoms with Gasteiger partial charge < -0.3 is 10.4 Å². The van der Waals surface area contributed by atoms with Crippen LogP contribution in [-0.4, -0.2) is 17.6 Å². The van der Waals surface area contributed by atoms with E-state index < -0.39 is 5.97 Å². The molecule has 2 N–H and O–H groups in total. The van der Waals surface area contributed by atoms with Crippen LogP contribution in [-0.2, 0) is 6.54 Å². The first-order chi connectivity index (χ1) is 6.61. The second-order valence-electron chi connectivity index (χ2n) is 2.70. The van der Waals surface area contributed by atoms with Gasteiger partial charge in [-0.05, 0) is 17.0 Å². The highest BCUT2D eigenvalue weighted by molar-refractivity contribution is 7.12. The third-order valence-electron chi connectivity index (χ3n) is 1.57. The van der Waals surface area contributed by atoms with Crippen LogP contribution in [0.5, 0.6) is 0 Å². The zero-order valence-corrected chi connectivity index (χ0v) is 8.99. The monoisotopic (exact) mass is 231 g/mol. The number of carboxylic acid groups (broad SMARTS) is 1. The number of carbonyl (C=O) groups is 1. The zero-order chi connectivity index (χ0) is 10.6. The fourth-order valence-electron chi connectivity index (χ4n) is 0.995. The van der Waals surface area contributed by atoms with Crippen molar-refractivity contribution in [2.75, 3.05) is 6.54 Å². The first-order valence-electron chi connectivity index (χ1n) is 3.95. The summed E-state index contributed by atoms with van der Waals surface area (Å²) in [6, 6.07) is 1.79. The molecular formula is C9H10ClNO2S. The van der Waals surface area contributed by atoms with E-state index in [-0.39, 0.29) is 0 Å². The standard InChI is InChI=1S/C9H10ClNO2S/c1-6(10)4-11-5-7-2-3-14-8(7)9(12)13/h2-3,11H,1,4-5H2,(H,12,13). The highest BCUT2D eigenvalue weighted by Gasteiger charge is 2.10. The molecule has 0 aliphatic carbocycles. The highest BCUT2D eigenvalue weighted by atomic mass is 35.5. The van der Waals surface area contributed by atoms with Gasteiger partial charge in [-0.3, -0.25) is 0 Å². The van der Waals surface area contributed by atoms with Gasteiger partial charge in [0.1, 0.15) is 4.88 Å². The van der Waals surface area contributed by atoms with Crippen molar-refractivity contribution in [2.45, 2.75) is 6.54 Å². The van der Waals surface area contributed by atoms with Crippen molar-refractivity contribution in [3.63, 3.8) is 0 Å². The molecule has 1 rings (SSSR count). The lowest BCUT2D eigenvalue weighted by atomic mass is 10.2. The van der Waals surface area contributed by atoms with Gasteiger partial charge in [-0.2, -0.15) is 0 Å². The molecular weight excluding hydrogens is 222 g/mol. The minimum absolute atomic E-state index is 0.373. The maximum absolute atomic E-state index is 10.7. The van der Waals surface area contributed by atoms with Crippen molar-refractivity contribution in [1.29, 1.82) is 0 Å². The molecule has 0 atom stereocenters. The summed E-state index contributed by atoms with van der Waals surface area (Å²) >= 11 is 6.77. The Balaban J connectivity index is 2.54. The van der Waals surface area contributed by atoms with Gasteiger partial charge in [0.25, 0.3) is 0 Å². The van der Waals surface area contributed by atoms with E-state index in [1.54, 1.807) is 11.4 Å². The Morgan fingerprint density at radius 3 is 3.00 bits per heavy atom. The molecule has 0 amide bonds. The SMILES string of the molecule is C=C(Cl)CNCc1ccsc1C(=O)O. The van der Waals surface area contributed by atoms with Gasteiger partial charge in [-0.15, -0.1) is 11.3 Å². The summed E-state index contributed by atoms with van der Waals surface area (Å²) in [5.74, 6) is -0.887. The van der Waals surface area contributed by atoms with Gasteiger partial charge in [-0.25, -0.2) is 4.79 Å². The number of aromatic carboxylic acids is 1. The molecule has 1 heterocycles. The van der Waals surface area contributed by atoms with Gasteiger partial charge in [0, 0.05) is 18.1 Å². The largest absolute Gasteiger partial charge is 0.477 e. The Hall–Kier alpha value is -0.840. The molecule has 0 fully saturated rings. The van der Waals surface area contributed by atoms with Gasteiger partial charge in [0.2, 0.25) is 0 Å². The second kappa shape index (κ2) is 5.14. The van der Waals surface area contributed by atoms with Gasteiger partial charge in [0.05, 0.1) is 0 Å². The lowest BCUT2D eigenvalue weighted by molar-refractivity contribution is 0.0701. The highest BCUT2D eigenvalue weighted by Crippen LogP contribution is 2.16. The lowest BCUT2D eigenvalue weighted by Gasteiger charge is -2.02. The predicted molar refractivity (Wildman–Crippen MR) is 58.0 cm³/mol. The van der Waals surface area contributed by atoms with Crippen LogP contribution in [0.25, 0.3) is 0 Å². The molecule has 3 nitrogen and oxygen atoms in total. The van der Waals surface area contributed by atoms with Crippen molar-refractivity contribution in [2.24, 2.45) is 0 Å². The van der Waals surface area contributed by atoms with Crippen LogP contribution in [0.2, 0.25) is 0 Å². The maximum Gasteiger partial charge on any atom is 0.346 e. The Labute approximate surface area is 91.0 Å². The van der Waals surface area contributed by atoms with Crippen LogP contribution in [0.3, 0.4) is 0 Å². The molecule has 1 aromatic heterocycles. The minimum atomic E-state index is -0.887. The summed E-state index contributed by atoms with van der Waals surface area (Å²) in [6.45, 7) is 4.50. The van der Waals surface area contributed by atoms with E-state index in [4.69, 9.17) is 16.7 Å². The van der Waals surface area contributed by atoms with E-state index in [1.165, 1.54) is 11.3 Å². The molecule has 0 radical (unpaired) electrons. The Morgan fingerprint density at radius 1 is 1.71 bits per heavy atom. The quantitative estimate of drug-likeness (QED) is 0.818. The van der Waals surface area contributed by atoms with Gasteiger partial charge >= 0.3 is 5.97 Å². The van der Waals surface area contributed by atoms with Gasteiger partial charge in [-0.1, -0.05) is 18.2 Å². The summed E-state index contributed by atoms with van der Waals surface area (Å²) in [7, 11) is 0. The van der Waals surface area contributed by atoms with E-state index in [0.29, 0.717) is 23.0 Å². The van der Waals surface area contributed by atoms with Crippen molar-refractivity contribution in [1.82, 2.24) is 5.32 Å². The van der Waals surface area contributed by atoms with E-state index >= 15 is 0 Å². The molecule has 5 heteroatoms. The Bertz CT molecular complexity index is 348. The first kappa shape index (κ1) is 11.2. The normalized spacial score (nSPS) is 10.1. The third kappa shape index (κ3) is 3.14. The second-order valence-corrected chi connectivity index (χ2v) is 4.15. The Kier molecular flexibility index (Phi) is 4.13. The molecule has 1 aromatic rings. The van der Waals surface area contributed by atoms with E-state index in [9.17, 15) is 4.79 Å².